The molecule has 0 aliphatic heterocycles. The molecule has 4 aromatic rings. The van der Waals surface area contributed by atoms with Gasteiger partial charge in [0, 0.05) is 21.0 Å². The van der Waals surface area contributed by atoms with Crippen LogP contribution in [0.5, 0.6) is 0 Å². The summed E-state index contributed by atoms with van der Waals surface area (Å²) in [7, 11) is -3.65. The number of hydrogen-bond acceptors (Lipinski definition) is 2. The van der Waals surface area contributed by atoms with Crippen LogP contribution in [0.2, 0.25) is 0 Å². The summed E-state index contributed by atoms with van der Waals surface area (Å²) < 4.78 is 41.9. The van der Waals surface area contributed by atoms with E-state index < -0.39 is 10.0 Å². The molecular weight excluding hydrogens is 490 g/mol. The standard InChI is InChI=1S/C21H16FIN2O2S/c22-18-7-5-16(6-8-18)15-3-1-14(2-4-15)13-24-28(26,27)21-12-17-11-19(23)9-10-20(17)25-21/h1-12,24-25H,13H2. The highest BCUT2D eigenvalue weighted by Crippen LogP contribution is 2.22. The van der Waals surface area contributed by atoms with Crippen molar-refractivity contribution < 1.29 is 12.8 Å². The van der Waals surface area contributed by atoms with Crippen LogP contribution in [-0.2, 0) is 16.6 Å². The number of benzene rings is 3. The van der Waals surface area contributed by atoms with Gasteiger partial charge in [0.2, 0.25) is 0 Å². The summed E-state index contributed by atoms with van der Waals surface area (Å²) >= 11 is 2.19. The minimum atomic E-state index is -3.65. The van der Waals surface area contributed by atoms with Gasteiger partial charge in [-0.05, 0) is 75.7 Å². The Labute approximate surface area is 176 Å². The quantitative estimate of drug-likeness (QED) is 0.372. The van der Waals surface area contributed by atoms with Crippen molar-refractivity contribution in [2.24, 2.45) is 0 Å². The molecule has 1 aromatic heterocycles. The fourth-order valence-electron chi connectivity index (χ4n) is 2.94. The van der Waals surface area contributed by atoms with Crippen molar-refractivity contribution in [3.63, 3.8) is 0 Å². The summed E-state index contributed by atoms with van der Waals surface area (Å²) in [5, 5.41) is 1.00. The van der Waals surface area contributed by atoms with E-state index in [0.717, 1.165) is 31.2 Å². The number of halogens is 2. The van der Waals surface area contributed by atoms with E-state index in [2.05, 4.69) is 32.3 Å². The second-order valence-corrected chi connectivity index (χ2v) is 9.37. The number of nitrogens with one attached hydrogen (secondary N) is 2. The maximum atomic E-state index is 13.0. The molecule has 0 atom stereocenters. The average molecular weight is 506 g/mol. The zero-order valence-electron chi connectivity index (χ0n) is 14.6. The number of aromatic nitrogens is 1. The molecule has 0 fully saturated rings. The first-order valence-electron chi connectivity index (χ1n) is 8.53. The molecule has 3 aromatic carbocycles. The molecule has 1 heterocycles. The molecule has 0 aliphatic carbocycles. The van der Waals surface area contributed by atoms with Crippen molar-refractivity contribution >= 4 is 43.5 Å². The van der Waals surface area contributed by atoms with Crippen LogP contribution in [0.3, 0.4) is 0 Å². The Morgan fingerprint density at radius 3 is 2.21 bits per heavy atom. The van der Waals surface area contributed by atoms with Crippen molar-refractivity contribution in [1.29, 1.82) is 0 Å². The Morgan fingerprint density at radius 1 is 0.893 bits per heavy atom. The zero-order chi connectivity index (χ0) is 19.7. The monoisotopic (exact) mass is 506 g/mol. The van der Waals surface area contributed by atoms with Gasteiger partial charge in [-0.25, -0.2) is 17.5 Å². The van der Waals surface area contributed by atoms with E-state index in [-0.39, 0.29) is 17.4 Å². The van der Waals surface area contributed by atoms with Gasteiger partial charge in [0.05, 0.1) is 0 Å². The van der Waals surface area contributed by atoms with Crippen LogP contribution in [0.15, 0.2) is 77.8 Å². The Balaban J connectivity index is 1.48. The number of aromatic amines is 1. The van der Waals surface area contributed by atoms with E-state index in [0.29, 0.717) is 0 Å². The molecule has 0 saturated carbocycles. The van der Waals surface area contributed by atoms with Crippen LogP contribution >= 0.6 is 22.6 Å². The average Bonchev–Trinajstić information content (AvgIpc) is 3.12. The molecule has 7 heteroatoms. The fourth-order valence-corrected chi connectivity index (χ4v) is 4.49. The summed E-state index contributed by atoms with van der Waals surface area (Å²) in [4.78, 5) is 2.95. The second-order valence-electron chi connectivity index (χ2n) is 6.39. The summed E-state index contributed by atoms with van der Waals surface area (Å²) in [6.45, 7) is 0.179. The largest absolute Gasteiger partial charge is 0.345 e. The van der Waals surface area contributed by atoms with Gasteiger partial charge in [-0.1, -0.05) is 36.4 Å². The van der Waals surface area contributed by atoms with Crippen molar-refractivity contribution in [3.05, 3.63) is 87.7 Å². The molecule has 0 aliphatic rings. The van der Waals surface area contributed by atoms with Crippen LogP contribution in [0.25, 0.3) is 22.0 Å². The van der Waals surface area contributed by atoms with E-state index in [4.69, 9.17) is 0 Å². The van der Waals surface area contributed by atoms with Gasteiger partial charge in [-0.15, -0.1) is 0 Å². The maximum Gasteiger partial charge on any atom is 0.256 e. The first-order valence-corrected chi connectivity index (χ1v) is 11.1. The highest BCUT2D eigenvalue weighted by Gasteiger charge is 2.16. The van der Waals surface area contributed by atoms with Gasteiger partial charge < -0.3 is 4.98 Å². The van der Waals surface area contributed by atoms with E-state index in [1.807, 2.05) is 42.5 Å². The summed E-state index contributed by atoms with van der Waals surface area (Å²) in [6, 6.07) is 21.1. The van der Waals surface area contributed by atoms with E-state index in [9.17, 15) is 12.8 Å². The third kappa shape index (κ3) is 4.11. The van der Waals surface area contributed by atoms with Crippen molar-refractivity contribution in [2.45, 2.75) is 11.6 Å². The third-order valence-electron chi connectivity index (χ3n) is 4.45. The normalized spacial score (nSPS) is 11.8. The Hall–Kier alpha value is -2.23. The molecule has 4 nitrogen and oxygen atoms in total. The van der Waals surface area contributed by atoms with Crippen LogP contribution in [-0.4, -0.2) is 13.4 Å². The van der Waals surface area contributed by atoms with Gasteiger partial charge in [0.15, 0.2) is 0 Å². The number of H-pyrrole nitrogens is 1. The van der Waals surface area contributed by atoms with Crippen molar-refractivity contribution in [2.75, 3.05) is 0 Å². The second kappa shape index (κ2) is 7.65. The SMILES string of the molecule is O=S(=O)(NCc1ccc(-c2ccc(F)cc2)cc1)c1cc2cc(I)ccc2[nH]1. The lowest BCUT2D eigenvalue weighted by Crippen LogP contribution is -2.23. The molecule has 0 spiro atoms. The first-order chi connectivity index (χ1) is 13.4. The van der Waals surface area contributed by atoms with Gasteiger partial charge in [-0.2, -0.15) is 0 Å². The molecule has 2 N–H and O–H groups in total. The number of hydrogen-bond donors (Lipinski definition) is 2. The molecule has 0 radical (unpaired) electrons. The highest BCUT2D eigenvalue weighted by molar-refractivity contribution is 14.1. The lowest BCUT2D eigenvalue weighted by molar-refractivity contribution is 0.578. The summed E-state index contributed by atoms with van der Waals surface area (Å²) in [5.41, 5.74) is 3.46. The highest BCUT2D eigenvalue weighted by atomic mass is 127. The molecule has 28 heavy (non-hydrogen) atoms. The van der Waals surface area contributed by atoms with Crippen LogP contribution < -0.4 is 4.72 Å². The lowest BCUT2D eigenvalue weighted by Gasteiger charge is -2.07. The smallest absolute Gasteiger partial charge is 0.256 e. The Kier molecular flexibility index (Phi) is 5.22. The van der Waals surface area contributed by atoms with Gasteiger partial charge >= 0.3 is 0 Å². The van der Waals surface area contributed by atoms with Crippen LogP contribution in [0.4, 0.5) is 4.39 Å². The maximum absolute atomic E-state index is 13.0. The topological polar surface area (TPSA) is 62.0 Å². The summed E-state index contributed by atoms with van der Waals surface area (Å²) in [6.07, 6.45) is 0. The van der Waals surface area contributed by atoms with Crippen molar-refractivity contribution in [1.82, 2.24) is 9.71 Å². The van der Waals surface area contributed by atoms with Crippen LogP contribution in [0.1, 0.15) is 5.56 Å². The Morgan fingerprint density at radius 2 is 1.54 bits per heavy atom. The molecular formula is C21H16FIN2O2S. The number of rotatable bonds is 5. The third-order valence-corrected chi connectivity index (χ3v) is 6.44. The molecule has 4 rings (SSSR count). The van der Waals surface area contributed by atoms with E-state index in [1.54, 1.807) is 18.2 Å². The molecule has 0 amide bonds. The molecule has 142 valence electrons. The predicted molar refractivity (Wildman–Crippen MR) is 117 cm³/mol. The van der Waals surface area contributed by atoms with Gasteiger partial charge in [0.25, 0.3) is 10.0 Å². The minimum absolute atomic E-state index is 0.146. The molecule has 0 saturated heterocycles. The summed E-state index contributed by atoms with van der Waals surface area (Å²) in [5.74, 6) is -0.276. The van der Waals surface area contributed by atoms with Gasteiger partial charge in [-0.3, -0.25) is 0 Å². The zero-order valence-corrected chi connectivity index (χ0v) is 17.6. The first kappa shape index (κ1) is 19.1. The minimum Gasteiger partial charge on any atom is -0.345 e. The fraction of sp³-hybridized carbons (Fsp3) is 0.0476. The van der Waals surface area contributed by atoms with E-state index in [1.165, 1.54) is 12.1 Å². The molecule has 0 bridgehead atoms. The number of sulfonamides is 1. The molecule has 0 unspecified atom stereocenters. The van der Waals surface area contributed by atoms with Gasteiger partial charge in [0.1, 0.15) is 10.8 Å². The number of fused-ring (bicyclic) bond motifs is 1. The Bertz CT molecular complexity index is 1230. The lowest BCUT2D eigenvalue weighted by atomic mass is 10.0. The van der Waals surface area contributed by atoms with Crippen LogP contribution in [0, 0.1) is 9.39 Å². The van der Waals surface area contributed by atoms with E-state index >= 15 is 0 Å². The van der Waals surface area contributed by atoms with Crippen molar-refractivity contribution in [3.8, 4) is 11.1 Å². The predicted octanol–water partition coefficient (Wildman–Crippen LogP) is 5.06.